The molecule has 1 aliphatic rings. The number of nitrogens with one attached hydrogen (secondary N) is 1. The molecule has 7 heteroatoms. The van der Waals surface area contributed by atoms with Gasteiger partial charge in [0.15, 0.2) is 0 Å². The first-order valence-corrected chi connectivity index (χ1v) is 6.59. The summed E-state index contributed by atoms with van der Waals surface area (Å²) in [5, 5.41) is 2.51. The lowest BCUT2D eigenvalue weighted by Crippen LogP contribution is -2.54. The van der Waals surface area contributed by atoms with Gasteiger partial charge in [-0.25, -0.2) is 0 Å². The van der Waals surface area contributed by atoms with Crippen LogP contribution in [0.25, 0.3) is 0 Å². The monoisotopic (exact) mass is 302 g/mol. The van der Waals surface area contributed by atoms with Gasteiger partial charge in [-0.2, -0.15) is 13.2 Å². The van der Waals surface area contributed by atoms with Crippen molar-refractivity contribution in [3.8, 4) is 0 Å². The Kier molecular flexibility index (Phi) is 4.25. The number of amides is 1. The lowest BCUT2D eigenvalue weighted by Gasteiger charge is -2.32. The van der Waals surface area contributed by atoms with Crippen molar-refractivity contribution in [2.45, 2.75) is 31.5 Å². The Hall–Kier alpha value is -1.60. The zero-order valence-electron chi connectivity index (χ0n) is 11.6. The molecule has 21 heavy (non-hydrogen) atoms. The zero-order valence-corrected chi connectivity index (χ0v) is 11.6. The summed E-state index contributed by atoms with van der Waals surface area (Å²) in [5.74, 6) is -0.478. The molecule has 1 aromatic carbocycles. The maximum Gasteiger partial charge on any atom is 0.416 e. The van der Waals surface area contributed by atoms with Crippen LogP contribution in [0.5, 0.6) is 0 Å². The van der Waals surface area contributed by atoms with Crippen molar-refractivity contribution in [1.29, 1.82) is 0 Å². The van der Waals surface area contributed by atoms with E-state index in [0.717, 1.165) is 6.07 Å². The third kappa shape index (κ3) is 3.36. The summed E-state index contributed by atoms with van der Waals surface area (Å²) in [6.07, 6.45) is -3.77. The molecule has 3 N–H and O–H groups in total. The summed E-state index contributed by atoms with van der Waals surface area (Å²) in [4.78, 5) is 12.2. The molecule has 0 atom stereocenters. The quantitative estimate of drug-likeness (QED) is 0.882. The van der Waals surface area contributed by atoms with Crippen LogP contribution >= 0.6 is 0 Å². The van der Waals surface area contributed by atoms with E-state index >= 15 is 0 Å². The molecule has 1 fully saturated rings. The molecule has 1 amide bonds. The number of hydrogen-bond donors (Lipinski definition) is 2. The Morgan fingerprint density at radius 1 is 1.33 bits per heavy atom. The molecule has 0 spiro atoms. The third-order valence-corrected chi connectivity index (χ3v) is 3.72. The topological polar surface area (TPSA) is 64.4 Å². The normalized spacial score (nSPS) is 18.3. The fourth-order valence-corrected chi connectivity index (χ4v) is 2.29. The van der Waals surface area contributed by atoms with Gasteiger partial charge in [0.05, 0.1) is 5.56 Å². The minimum Gasteiger partial charge on any atom is -0.381 e. The van der Waals surface area contributed by atoms with Crippen LogP contribution in [-0.4, -0.2) is 24.7 Å². The minimum absolute atomic E-state index is 0.0194. The summed E-state index contributed by atoms with van der Waals surface area (Å²) in [6.45, 7) is 2.06. The van der Waals surface area contributed by atoms with Crippen molar-refractivity contribution < 1.29 is 22.7 Å². The highest BCUT2D eigenvalue weighted by Crippen LogP contribution is 2.34. The van der Waals surface area contributed by atoms with Crippen LogP contribution in [0.2, 0.25) is 0 Å². The van der Waals surface area contributed by atoms with E-state index in [-0.39, 0.29) is 11.3 Å². The van der Waals surface area contributed by atoms with Gasteiger partial charge < -0.3 is 15.8 Å². The van der Waals surface area contributed by atoms with Gasteiger partial charge in [0, 0.05) is 18.9 Å². The number of hydrogen-bond acceptors (Lipinski definition) is 3. The first-order valence-electron chi connectivity index (χ1n) is 6.59. The number of nitrogens with two attached hydrogens (primary N) is 1. The number of ether oxygens (including phenoxy) is 1. The summed E-state index contributed by atoms with van der Waals surface area (Å²) in [6, 6.07) is 3.68. The smallest absolute Gasteiger partial charge is 0.381 e. The van der Waals surface area contributed by atoms with E-state index in [1.54, 1.807) is 0 Å². The second-order valence-corrected chi connectivity index (χ2v) is 5.20. The number of anilines is 1. The number of carbonyl (C=O) groups excluding carboxylic acids is 1. The van der Waals surface area contributed by atoms with Gasteiger partial charge in [-0.05, 0) is 37.5 Å². The van der Waals surface area contributed by atoms with Crippen LogP contribution in [-0.2, 0) is 15.7 Å². The summed E-state index contributed by atoms with van der Waals surface area (Å²) >= 11 is 0. The third-order valence-electron chi connectivity index (χ3n) is 3.72. The number of rotatable bonds is 2. The Morgan fingerprint density at radius 3 is 2.52 bits per heavy atom. The minimum atomic E-state index is -4.45. The van der Waals surface area contributed by atoms with Gasteiger partial charge in [-0.1, -0.05) is 6.07 Å². The van der Waals surface area contributed by atoms with Crippen LogP contribution in [0.15, 0.2) is 18.2 Å². The van der Waals surface area contributed by atoms with E-state index in [9.17, 15) is 18.0 Å². The number of halogens is 3. The molecule has 1 aliphatic heterocycles. The van der Waals surface area contributed by atoms with Crippen LogP contribution in [0, 0.1) is 6.92 Å². The van der Waals surface area contributed by atoms with Gasteiger partial charge in [0.25, 0.3) is 0 Å². The lowest BCUT2D eigenvalue weighted by molar-refractivity contribution is -0.138. The number of carbonyl (C=O) groups is 1. The average Bonchev–Trinajstić information content (AvgIpc) is 2.40. The van der Waals surface area contributed by atoms with Crippen molar-refractivity contribution in [2.24, 2.45) is 5.73 Å². The Balaban J connectivity index is 2.22. The van der Waals surface area contributed by atoms with Crippen molar-refractivity contribution >= 4 is 11.6 Å². The second kappa shape index (κ2) is 5.65. The molecule has 0 radical (unpaired) electrons. The highest BCUT2D eigenvalue weighted by atomic mass is 19.4. The highest BCUT2D eigenvalue weighted by Gasteiger charge is 2.37. The number of alkyl halides is 3. The molecular weight excluding hydrogens is 285 g/mol. The molecule has 2 rings (SSSR count). The van der Waals surface area contributed by atoms with Gasteiger partial charge in [0.2, 0.25) is 5.91 Å². The number of benzene rings is 1. The second-order valence-electron chi connectivity index (χ2n) is 5.20. The largest absolute Gasteiger partial charge is 0.416 e. The Bertz CT molecular complexity index is 538. The van der Waals surface area contributed by atoms with E-state index < -0.39 is 23.2 Å². The summed E-state index contributed by atoms with van der Waals surface area (Å²) in [5.41, 5.74) is 4.26. The van der Waals surface area contributed by atoms with E-state index in [0.29, 0.717) is 26.1 Å². The molecule has 1 aromatic rings. The first-order chi connectivity index (χ1) is 9.74. The van der Waals surface area contributed by atoms with E-state index in [4.69, 9.17) is 10.5 Å². The summed E-state index contributed by atoms with van der Waals surface area (Å²) in [7, 11) is 0. The van der Waals surface area contributed by atoms with Crippen LogP contribution in [0.1, 0.15) is 24.0 Å². The molecule has 0 aromatic heterocycles. The van der Waals surface area contributed by atoms with Crippen molar-refractivity contribution in [3.05, 3.63) is 29.3 Å². The molecule has 116 valence electrons. The Morgan fingerprint density at radius 2 is 1.95 bits per heavy atom. The summed E-state index contributed by atoms with van der Waals surface area (Å²) < 4.78 is 43.7. The van der Waals surface area contributed by atoms with Crippen LogP contribution in [0.3, 0.4) is 0 Å². The average molecular weight is 302 g/mol. The van der Waals surface area contributed by atoms with Crippen LogP contribution in [0.4, 0.5) is 18.9 Å². The molecule has 0 bridgehead atoms. The fraction of sp³-hybridized carbons (Fsp3) is 0.500. The predicted molar refractivity (Wildman–Crippen MR) is 71.8 cm³/mol. The van der Waals surface area contributed by atoms with Gasteiger partial charge in [0.1, 0.15) is 5.54 Å². The van der Waals surface area contributed by atoms with E-state index in [1.165, 1.54) is 19.1 Å². The molecule has 0 unspecified atom stereocenters. The van der Waals surface area contributed by atoms with Gasteiger partial charge in [-0.3, -0.25) is 4.79 Å². The molecular formula is C14H17F3N2O2. The molecule has 0 aliphatic carbocycles. The van der Waals surface area contributed by atoms with Crippen LogP contribution < -0.4 is 11.1 Å². The molecule has 1 saturated heterocycles. The molecule has 0 saturated carbocycles. The van der Waals surface area contributed by atoms with Crippen molar-refractivity contribution in [3.63, 3.8) is 0 Å². The van der Waals surface area contributed by atoms with Gasteiger partial charge >= 0.3 is 6.18 Å². The lowest BCUT2D eigenvalue weighted by atomic mass is 9.90. The zero-order chi connectivity index (χ0) is 15.7. The van der Waals surface area contributed by atoms with Gasteiger partial charge in [-0.15, -0.1) is 0 Å². The maximum absolute atomic E-state index is 12.8. The fourth-order valence-electron chi connectivity index (χ4n) is 2.29. The SMILES string of the molecule is Cc1c(NC(=O)C2(N)CCOCC2)cccc1C(F)(F)F. The van der Waals surface area contributed by atoms with E-state index in [2.05, 4.69) is 5.32 Å². The Labute approximate surface area is 120 Å². The maximum atomic E-state index is 12.8. The highest BCUT2D eigenvalue weighted by molar-refractivity contribution is 5.98. The molecule has 1 heterocycles. The molecule has 4 nitrogen and oxygen atoms in total. The van der Waals surface area contributed by atoms with E-state index in [1.807, 2.05) is 0 Å². The van der Waals surface area contributed by atoms with Crippen molar-refractivity contribution in [1.82, 2.24) is 0 Å². The standard InChI is InChI=1S/C14H17F3N2O2/c1-9-10(14(15,16)17)3-2-4-11(9)19-12(20)13(18)5-7-21-8-6-13/h2-4H,5-8,18H2,1H3,(H,19,20). The van der Waals surface area contributed by atoms with Crippen molar-refractivity contribution in [2.75, 3.05) is 18.5 Å². The predicted octanol–water partition coefficient (Wildman–Crippen LogP) is 2.46. The first kappa shape index (κ1) is 15.8.